The van der Waals surface area contributed by atoms with Crippen LogP contribution in [-0.4, -0.2) is 13.3 Å². The van der Waals surface area contributed by atoms with Crippen molar-refractivity contribution in [3.05, 3.63) is 59.7 Å². The van der Waals surface area contributed by atoms with Crippen molar-refractivity contribution >= 4 is 0 Å². The van der Waals surface area contributed by atoms with Gasteiger partial charge in [-0.25, -0.2) is 0 Å². The van der Waals surface area contributed by atoms with Gasteiger partial charge in [0.25, 0.3) is 0 Å². The Morgan fingerprint density at radius 3 is 2.67 bits per heavy atom. The monoisotopic (exact) mass is 283 g/mol. The van der Waals surface area contributed by atoms with E-state index in [4.69, 9.17) is 9.47 Å². The van der Waals surface area contributed by atoms with Crippen LogP contribution in [0.15, 0.2) is 48.5 Å². The van der Waals surface area contributed by atoms with Gasteiger partial charge in [-0.15, -0.1) is 0 Å². The van der Waals surface area contributed by atoms with E-state index in [0.717, 1.165) is 30.9 Å². The summed E-state index contributed by atoms with van der Waals surface area (Å²) in [7, 11) is 0. The highest BCUT2D eigenvalue weighted by atomic mass is 16.7. The van der Waals surface area contributed by atoms with E-state index in [0.29, 0.717) is 12.8 Å². The van der Waals surface area contributed by atoms with Crippen molar-refractivity contribution in [3.8, 4) is 11.5 Å². The van der Waals surface area contributed by atoms with E-state index >= 15 is 0 Å². The van der Waals surface area contributed by atoms with E-state index in [9.17, 15) is 0 Å². The molecule has 0 amide bonds. The predicted molar refractivity (Wildman–Crippen MR) is 83.7 cm³/mol. The molecule has 0 radical (unpaired) electrons. The number of ether oxygens (including phenoxy) is 2. The molecule has 3 nitrogen and oxygen atoms in total. The minimum Gasteiger partial charge on any atom is -0.454 e. The lowest BCUT2D eigenvalue weighted by molar-refractivity contribution is 0.174. The van der Waals surface area contributed by atoms with E-state index in [1.54, 1.807) is 0 Å². The van der Waals surface area contributed by atoms with E-state index in [2.05, 4.69) is 54.7 Å². The van der Waals surface area contributed by atoms with Crippen LogP contribution in [0.5, 0.6) is 11.5 Å². The Morgan fingerprint density at radius 1 is 1.05 bits per heavy atom. The fourth-order valence-electron chi connectivity index (χ4n) is 2.62. The molecule has 3 heteroatoms. The largest absolute Gasteiger partial charge is 0.454 e. The Bertz CT molecular complexity index is 583. The quantitative estimate of drug-likeness (QED) is 0.877. The minimum atomic E-state index is 0.325. The van der Waals surface area contributed by atoms with Crippen molar-refractivity contribution in [1.29, 1.82) is 0 Å². The molecule has 0 aromatic heterocycles. The first-order chi connectivity index (χ1) is 10.4. The molecular weight excluding hydrogens is 262 g/mol. The molecule has 2 aromatic carbocycles. The highest BCUT2D eigenvalue weighted by Crippen LogP contribution is 2.33. The highest BCUT2D eigenvalue weighted by Gasteiger charge is 2.16. The molecule has 0 saturated heterocycles. The summed E-state index contributed by atoms with van der Waals surface area (Å²) in [6.45, 7) is 3.54. The molecular formula is C18H21NO2. The molecule has 1 N–H and O–H groups in total. The molecule has 1 aliphatic rings. The van der Waals surface area contributed by atoms with Crippen LogP contribution < -0.4 is 14.8 Å². The van der Waals surface area contributed by atoms with Crippen LogP contribution in [0.3, 0.4) is 0 Å². The van der Waals surface area contributed by atoms with Crippen LogP contribution >= 0.6 is 0 Å². The Balaban J connectivity index is 1.77. The summed E-state index contributed by atoms with van der Waals surface area (Å²) in [4.78, 5) is 0. The maximum atomic E-state index is 5.46. The molecule has 0 fully saturated rings. The third-order valence-electron chi connectivity index (χ3n) is 3.72. The standard InChI is InChI=1S/C18H21NO2/c1-2-10-19-16(15-6-4-3-5-7-15)11-14-8-9-17-18(12-14)21-13-20-17/h3-9,12,16,19H,2,10-11,13H2,1H3. The van der Waals surface area contributed by atoms with Crippen LogP contribution in [0, 0.1) is 0 Å². The Morgan fingerprint density at radius 2 is 1.86 bits per heavy atom. The molecule has 110 valence electrons. The smallest absolute Gasteiger partial charge is 0.231 e. The third-order valence-corrected chi connectivity index (χ3v) is 3.72. The van der Waals surface area contributed by atoms with Gasteiger partial charge in [0, 0.05) is 6.04 Å². The van der Waals surface area contributed by atoms with Crippen molar-refractivity contribution in [2.75, 3.05) is 13.3 Å². The summed E-state index contributed by atoms with van der Waals surface area (Å²) >= 11 is 0. The third kappa shape index (κ3) is 3.37. The lowest BCUT2D eigenvalue weighted by Gasteiger charge is -2.19. The zero-order valence-electron chi connectivity index (χ0n) is 12.3. The number of hydrogen-bond acceptors (Lipinski definition) is 3. The number of hydrogen-bond donors (Lipinski definition) is 1. The lowest BCUT2D eigenvalue weighted by Crippen LogP contribution is -2.24. The van der Waals surface area contributed by atoms with Gasteiger partial charge >= 0.3 is 0 Å². The van der Waals surface area contributed by atoms with E-state index in [1.165, 1.54) is 11.1 Å². The molecule has 3 rings (SSSR count). The molecule has 0 spiro atoms. The van der Waals surface area contributed by atoms with E-state index < -0.39 is 0 Å². The normalized spacial score (nSPS) is 14.1. The van der Waals surface area contributed by atoms with Gasteiger partial charge in [0.1, 0.15) is 0 Å². The van der Waals surface area contributed by atoms with Gasteiger partial charge in [-0.05, 0) is 42.6 Å². The summed E-state index contributed by atoms with van der Waals surface area (Å²) in [5.74, 6) is 1.70. The Labute approximate surface area is 125 Å². The van der Waals surface area contributed by atoms with Gasteiger partial charge in [-0.3, -0.25) is 0 Å². The minimum absolute atomic E-state index is 0.325. The molecule has 1 atom stereocenters. The molecule has 0 saturated carbocycles. The SMILES string of the molecule is CCCNC(Cc1ccc2c(c1)OCO2)c1ccccc1. The highest BCUT2D eigenvalue weighted by molar-refractivity contribution is 5.44. The van der Waals surface area contributed by atoms with Crippen molar-refractivity contribution in [1.82, 2.24) is 5.32 Å². The Kier molecular flexibility index (Phi) is 4.41. The molecule has 0 aliphatic carbocycles. The maximum absolute atomic E-state index is 5.46. The van der Waals surface area contributed by atoms with Gasteiger partial charge in [0.05, 0.1) is 0 Å². The number of nitrogens with one attached hydrogen (secondary N) is 1. The van der Waals surface area contributed by atoms with Crippen LogP contribution in [0.4, 0.5) is 0 Å². The van der Waals surface area contributed by atoms with Gasteiger partial charge in [-0.1, -0.05) is 43.3 Å². The molecule has 1 aliphatic heterocycles. The fourth-order valence-corrected chi connectivity index (χ4v) is 2.62. The van der Waals surface area contributed by atoms with Gasteiger partial charge in [0.15, 0.2) is 11.5 Å². The van der Waals surface area contributed by atoms with Crippen LogP contribution in [0.25, 0.3) is 0 Å². The number of rotatable bonds is 6. The average Bonchev–Trinajstić information content (AvgIpc) is 3.00. The molecule has 1 heterocycles. The first kappa shape index (κ1) is 14.0. The van der Waals surface area contributed by atoms with Crippen LogP contribution in [-0.2, 0) is 6.42 Å². The molecule has 0 bridgehead atoms. The first-order valence-electron chi connectivity index (χ1n) is 7.53. The van der Waals surface area contributed by atoms with Crippen LogP contribution in [0.2, 0.25) is 0 Å². The average molecular weight is 283 g/mol. The zero-order valence-corrected chi connectivity index (χ0v) is 12.3. The second kappa shape index (κ2) is 6.64. The van der Waals surface area contributed by atoms with Gasteiger partial charge < -0.3 is 14.8 Å². The summed E-state index contributed by atoms with van der Waals surface area (Å²) < 4.78 is 10.8. The molecule has 1 unspecified atom stereocenters. The maximum Gasteiger partial charge on any atom is 0.231 e. The lowest BCUT2D eigenvalue weighted by atomic mass is 9.98. The second-order valence-corrected chi connectivity index (χ2v) is 5.31. The van der Waals surface area contributed by atoms with Gasteiger partial charge in [-0.2, -0.15) is 0 Å². The second-order valence-electron chi connectivity index (χ2n) is 5.31. The predicted octanol–water partition coefficient (Wildman–Crippen LogP) is 3.70. The summed E-state index contributed by atoms with van der Waals surface area (Å²) in [6.07, 6.45) is 2.07. The van der Waals surface area contributed by atoms with Gasteiger partial charge in [0.2, 0.25) is 6.79 Å². The summed E-state index contributed by atoms with van der Waals surface area (Å²) in [5.41, 5.74) is 2.58. The molecule has 21 heavy (non-hydrogen) atoms. The van der Waals surface area contributed by atoms with Crippen molar-refractivity contribution in [2.24, 2.45) is 0 Å². The van der Waals surface area contributed by atoms with Crippen molar-refractivity contribution in [2.45, 2.75) is 25.8 Å². The first-order valence-corrected chi connectivity index (χ1v) is 7.53. The fraction of sp³-hybridized carbons (Fsp3) is 0.333. The van der Waals surface area contributed by atoms with E-state index in [1.807, 2.05) is 6.07 Å². The molecule has 2 aromatic rings. The topological polar surface area (TPSA) is 30.5 Å². The number of benzene rings is 2. The van der Waals surface area contributed by atoms with Crippen LogP contribution in [0.1, 0.15) is 30.5 Å². The van der Waals surface area contributed by atoms with Crippen molar-refractivity contribution < 1.29 is 9.47 Å². The summed E-state index contributed by atoms with van der Waals surface area (Å²) in [5, 5.41) is 3.63. The van der Waals surface area contributed by atoms with Crippen molar-refractivity contribution in [3.63, 3.8) is 0 Å². The van der Waals surface area contributed by atoms with E-state index in [-0.39, 0.29) is 0 Å². The summed E-state index contributed by atoms with van der Waals surface area (Å²) in [6, 6.07) is 17.1. The zero-order chi connectivity index (χ0) is 14.5. The number of fused-ring (bicyclic) bond motifs is 1. The Hall–Kier alpha value is -2.00.